The number of nitrogens with one attached hydrogen (secondary N) is 1. The van der Waals surface area contributed by atoms with Gasteiger partial charge in [0.25, 0.3) is 0 Å². The first-order chi connectivity index (χ1) is 8.70. The van der Waals surface area contributed by atoms with Gasteiger partial charge in [-0.3, -0.25) is 4.90 Å². The number of hydrogen-bond donors (Lipinski definition) is 1. The highest BCUT2D eigenvalue weighted by Gasteiger charge is 2.22. The van der Waals surface area contributed by atoms with Crippen LogP contribution in [0, 0.1) is 5.82 Å². The summed E-state index contributed by atoms with van der Waals surface area (Å²) < 4.78 is 14.3. The number of nitrogens with zero attached hydrogens (tertiary/aromatic N) is 1. The van der Waals surface area contributed by atoms with Gasteiger partial charge < -0.3 is 5.32 Å². The van der Waals surface area contributed by atoms with Crippen LogP contribution in [0.25, 0.3) is 0 Å². The van der Waals surface area contributed by atoms with Crippen LogP contribution in [0.5, 0.6) is 0 Å². The highest BCUT2D eigenvalue weighted by Crippen LogP contribution is 2.22. The molecule has 2 nitrogen and oxygen atoms in total. The molecule has 0 aliphatic carbocycles. The molecule has 0 spiro atoms. The Balaban J connectivity index is 2.09. The summed E-state index contributed by atoms with van der Waals surface area (Å²) in [4.78, 5) is 2.46. The van der Waals surface area contributed by atoms with Gasteiger partial charge in [-0.15, -0.1) is 0 Å². The summed E-state index contributed by atoms with van der Waals surface area (Å²) in [6.07, 6.45) is 2.32. The van der Waals surface area contributed by atoms with E-state index in [9.17, 15) is 4.39 Å². The fourth-order valence-corrected chi connectivity index (χ4v) is 2.88. The summed E-state index contributed by atoms with van der Waals surface area (Å²) in [5.41, 5.74) is 1.04. The zero-order valence-electron chi connectivity index (χ0n) is 10.8. The maximum Gasteiger partial charge on any atom is 0.123 e. The second-order valence-electron chi connectivity index (χ2n) is 4.85. The Morgan fingerprint density at radius 3 is 3.00 bits per heavy atom. The zero-order valence-corrected chi connectivity index (χ0v) is 12.3. The maximum absolute atomic E-state index is 13.3. The van der Waals surface area contributed by atoms with Crippen LogP contribution in [0.4, 0.5) is 4.39 Å². The number of benzene rings is 1. The molecule has 0 amide bonds. The average Bonchev–Trinajstić information content (AvgIpc) is 2.87. The van der Waals surface area contributed by atoms with Crippen molar-refractivity contribution in [3.05, 3.63) is 34.1 Å². The van der Waals surface area contributed by atoms with Crippen molar-refractivity contribution in [3.63, 3.8) is 0 Å². The maximum atomic E-state index is 13.3. The van der Waals surface area contributed by atoms with Crippen molar-refractivity contribution in [2.24, 2.45) is 0 Å². The van der Waals surface area contributed by atoms with Gasteiger partial charge in [0.1, 0.15) is 5.82 Å². The lowest BCUT2D eigenvalue weighted by Crippen LogP contribution is -2.37. The first kappa shape index (κ1) is 14.0. The van der Waals surface area contributed by atoms with Crippen LogP contribution in [-0.2, 0) is 6.54 Å². The summed E-state index contributed by atoms with van der Waals surface area (Å²) in [5, 5.41) is 3.40. The van der Waals surface area contributed by atoms with E-state index in [0.29, 0.717) is 6.04 Å². The highest BCUT2D eigenvalue weighted by atomic mass is 79.9. The van der Waals surface area contributed by atoms with Gasteiger partial charge in [0, 0.05) is 23.6 Å². The van der Waals surface area contributed by atoms with Crippen molar-refractivity contribution in [3.8, 4) is 0 Å². The summed E-state index contributed by atoms with van der Waals surface area (Å²) in [6, 6.07) is 5.51. The van der Waals surface area contributed by atoms with Gasteiger partial charge in [-0.25, -0.2) is 4.39 Å². The fraction of sp³-hybridized carbons (Fsp3) is 0.571. The van der Waals surface area contributed by atoms with Crippen LogP contribution in [-0.4, -0.2) is 30.6 Å². The molecule has 0 bridgehead atoms. The van der Waals surface area contributed by atoms with Gasteiger partial charge in [0.15, 0.2) is 0 Å². The van der Waals surface area contributed by atoms with Crippen molar-refractivity contribution < 1.29 is 4.39 Å². The van der Waals surface area contributed by atoms with E-state index >= 15 is 0 Å². The molecule has 1 atom stereocenters. The van der Waals surface area contributed by atoms with Gasteiger partial charge in [-0.05, 0) is 49.7 Å². The third kappa shape index (κ3) is 3.53. The molecule has 0 saturated carbocycles. The smallest absolute Gasteiger partial charge is 0.123 e. The fourth-order valence-electron chi connectivity index (χ4n) is 2.51. The molecule has 100 valence electrons. The molecule has 0 aromatic heterocycles. The Morgan fingerprint density at radius 2 is 2.33 bits per heavy atom. The molecule has 1 heterocycles. The lowest BCUT2D eigenvalue weighted by molar-refractivity contribution is 0.199. The van der Waals surface area contributed by atoms with Crippen molar-refractivity contribution in [2.75, 3.05) is 19.6 Å². The Kier molecular flexibility index (Phi) is 5.15. The molecule has 1 aromatic rings. The monoisotopic (exact) mass is 314 g/mol. The molecule has 18 heavy (non-hydrogen) atoms. The Bertz CT molecular complexity index is 391. The summed E-state index contributed by atoms with van der Waals surface area (Å²) >= 11 is 3.51. The minimum Gasteiger partial charge on any atom is -0.315 e. The third-order valence-corrected chi connectivity index (χ3v) is 4.22. The molecule has 1 saturated heterocycles. The molecule has 1 fully saturated rings. The van der Waals surface area contributed by atoms with E-state index in [1.54, 1.807) is 12.1 Å². The Morgan fingerprint density at radius 1 is 1.50 bits per heavy atom. The highest BCUT2D eigenvalue weighted by molar-refractivity contribution is 9.10. The van der Waals surface area contributed by atoms with Gasteiger partial charge in [-0.1, -0.05) is 22.9 Å². The molecule has 4 heteroatoms. The van der Waals surface area contributed by atoms with Crippen molar-refractivity contribution >= 4 is 15.9 Å². The third-order valence-electron chi connectivity index (χ3n) is 3.44. The molecule has 1 N–H and O–H groups in total. The average molecular weight is 315 g/mol. The first-order valence-corrected chi connectivity index (χ1v) is 7.38. The van der Waals surface area contributed by atoms with Gasteiger partial charge in [0.2, 0.25) is 0 Å². The second-order valence-corrected chi connectivity index (χ2v) is 5.71. The first-order valence-electron chi connectivity index (χ1n) is 6.59. The van der Waals surface area contributed by atoms with Crippen LogP contribution >= 0.6 is 15.9 Å². The molecule has 1 aromatic carbocycles. The summed E-state index contributed by atoms with van der Waals surface area (Å²) in [6.45, 7) is 6.21. The van der Waals surface area contributed by atoms with E-state index in [4.69, 9.17) is 0 Å². The molecular weight excluding hydrogens is 295 g/mol. The van der Waals surface area contributed by atoms with E-state index in [2.05, 4.69) is 33.1 Å². The molecule has 0 radical (unpaired) electrons. The summed E-state index contributed by atoms with van der Waals surface area (Å²) in [7, 11) is 0. The molecule has 1 unspecified atom stereocenters. The second kappa shape index (κ2) is 6.64. The quantitative estimate of drug-likeness (QED) is 0.898. The minimum absolute atomic E-state index is 0.158. The van der Waals surface area contributed by atoms with Crippen molar-refractivity contribution in [1.29, 1.82) is 0 Å². The van der Waals surface area contributed by atoms with E-state index in [-0.39, 0.29) is 5.82 Å². The van der Waals surface area contributed by atoms with Crippen LogP contribution in [0.15, 0.2) is 22.7 Å². The standard InChI is InChI=1S/C14H20BrFN2/c1-2-7-18(13-5-6-17-9-13)10-11-8-12(16)3-4-14(11)15/h3-4,8,13,17H,2,5-7,9-10H2,1H3. The van der Waals surface area contributed by atoms with Crippen LogP contribution < -0.4 is 5.32 Å². The molecule has 1 aliphatic heterocycles. The van der Waals surface area contributed by atoms with Crippen LogP contribution in [0.3, 0.4) is 0 Å². The Labute approximate surface area is 117 Å². The topological polar surface area (TPSA) is 15.3 Å². The number of rotatable bonds is 5. The molecular formula is C14H20BrFN2. The number of hydrogen-bond acceptors (Lipinski definition) is 2. The lowest BCUT2D eigenvalue weighted by Gasteiger charge is -2.28. The molecule has 2 rings (SSSR count). The zero-order chi connectivity index (χ0) is 13.0. The Hall–Kier alpha value is -0.450. The van der Waals surface area contributed by atoms with Crippen molar-refractivity contribution in [1.82, 2.24) is 10.2 Å². The minimum atomic E-state index is -0.158. The summed E-state index contributed by atoms with van der Waals surface area (Å²) in [5.74, 6) is -0.158. The van der Waals surface area contributed by atoms with Crippen LogP contribution in [0.1, 0.15) is 25.3 Å². The van der Waals surface area contributed by atoms with E-state index in [1.807, 2.05) is 0 Å². The molecule has 1 aliphatic rings. The van der Waals surface area contributed by atoms with Gasteiger partial charge >= 0.3 is 0 Å². The van der Waals surface area contributed by atoms with Gasteiger partial charge in [0.05, 0.1) is 0 Å². The number of halogens is 2. The van der Waals surface area contributed by atoms with Crippen molar-refractivity contribution in [2.45, 2.75) is 32.4 Å². The normalized spacial score (nSPS) is 19.7. The van der Waals surface area contributed by atoms with Gasteiger partial charge in [-0.2, -0.15) is 0 Å². The lowest BCUT2D eigenvalue weighted by atomic mass is 10.1. The van der Waals surface area contributed by atoms with E-state index < -0.39 is 0 Å². The predicted molar refractivity (Wildman–Crippen MR) is 76.1 cm³/mol. The largest absolute Gasteiger partial charge is 0.315 e. The SMILES string of the molecule is CCCN(Cc1cc(F)ccc1Br)C1CCNC1. The predicted octanol–water partition coefficient (Wildman–Crippen LogP) is 3.16. The van der Waals surface area contributed by atoms with E-state index in [1.165, 1.54) is 12.5 Å². The van der Waals surface area contributed by atoms with E-state index in [0.717, 1.165) is 42.6 Å². The van der Waals surface area contributed by atoms with Crippen LogP contribution in [0.2, 0.25) is 0 Å².